The molecule has 1 spiro atoms. The highest BCUT2D eigenvalue weighted by molar-refractivity contribution is 5.87. The molecular weight excluding hydrogens is 264 g/mol. The van der Waals surface area contributed by atoms with Gasteiger partial charge in [0.1, 0.15) is 5.60 Å². The van der Waals surface area contributed by atoms with Crippen LogP contribution in [0.25, 0.3) is 0 Å². The van der Waals surface area contributed by atoms with Crippen LogP contribution in [0.2, 0.25) is 0 Å². The molecule has 3 nitrogen and oxygen atoms in total. The van der Waals surface area contributed by atoms with E-state index >= 15 is 0 Å². The predicted octanol–water partition coefficient (Wildman–Crippen LogP) is 3.88. The smallest absolute Gasteiger partial charge is 0.346 e. The summed E-state index contributed by atoms with van der Waals surface area (Å²) in [6, 6.07) is 8.11. The Bertz CT molecular complexity index is 526. The van der Waals surface area contributed by atoms with E-state index in [0.717, 1.165) is 31.2 Å². The van der Waals surface area contributed by atoms with Gasteiger partial charge < -0.3 is 9.47 Å². The third-order valence-electron chi connectivity index (χ3n) is 4.70. The molecule has 0 radical (unpaired) electrons. The molecule has 3 heteroatoms. The van der Waals surface area contributed by atoms with Crippen LogP contribution in [0.15, 0.2) is 24.3 Å². The lowest BCUT2D eigenvalue weighted by Crippen LogP contribution is -2.36. The van der Waals surface area contributed by atoms with E-state index in [1.807, 2.05) is 45.0 Å². The van der Waals surface area contributed by atoms with E-state index in [4.69, 9.17) is 9.47 Å². The fourth-order valence-corrected chi connectivity index (χ4v) is 3.60. The predicted molar refractivity (Wildman–Crippen MR) is 81.0 cm³/mol. The summed E-state index contributed by atoms with van der Waals surface area (Å²) in [5.74, 6) is -0.219. The molecule has 1 heterocycles. The topological polar surface area (TPSA) is 38.8 Å². The van der Waals surface area contributed by atoms with Gasteiger partial charge in [-0.2, -0.15) is 0 Å². The Morgan fingerprint density at radius 3 is 2.33 bits per heavy atom. The highest BCUT2D eigenvalue weighted by atomic mass is 16.7. The minimum atomic E-state index is -0.870. The van der Waals surface area contributed by atoms with E-state index in [1.54, 1.807) is 0 Å². The Labute approximate surface area is 126 Å². The quantitative estimate of drug-likeness (QED) is 0.626. The third kappa shape index (κ3) is 2.28. The first kappa shape index (κ1) is 14.6. The van der Waals surface area contributed by atoms with Gasteiger partial charge in [0.2, 0.25) is 5.60 Å². The van der Waals surface area contributed by atoms with Gasteiger partial charge in [-0.05, 0) is 39.2 Å². The molecule has 3 rings (SSSR count). The van der Waals surface area contributed by atoms with Gasteiger partial charge in [-0.3, -0.25) is 0 Å². The molecular formula is C18H24O3. The number of benzene rings is 1. The Balaban J connectivity index is 1.96. The van der Waals surface area contributed by atoms with E-state index in [1.165, 1.54) is 12.0 Å². The summed E-state index contributed by atoms with van der Waals surface area (Å²) in [7, 11) is 0. The molecule has 1 aromatic carbocycles. The van der Waals surface area contributed by atoms with Crippen molar-refractivity contribution >= 4 is 5.97 Å². The molecule has 114 valence electrons. The number of carbonyl (C=O) groups excluding carboxylic acids is 1. The normalized spacial score (nSPS) is 26.9. The standard InChI is InChI=1S/C18H24O3/c1-13(2)20-16(19)18(15-9-7-14(3)8-10-15)17(21-18)11-5-4-6-12-17/h7-10,13H,4-6,11-12H2,1-3H3. The molecule has 2 aliphatic rings. The number of hydrogen-bond donors (Lipinski definition) is 0. The Kier molecular flexibility index (Phi) is 3.56. The molecule has 1 atom stereocenters. The van der Waals surface area contributed by atoms with Crippen LogP contribution in [0, 0.1) is 6.92 Å². The lowest BCUT2D eigenvalue weighted by Gasteiger charge is -2.24. The summed E-state index contributed by atoms with van der Waals surface area (Å²) in [6.07, 6.45) is 5.27. The average molecular weight is 288 g/mol. The van der Waals surface area contributed by atoms with Crippen LogP contribution in [-0.4, -0.2) is 17.7 Å². The summed E-state index contributed by atoms with van der Waals surface area (Å²) >= 11 is 0. The molecule has 1 aliphatic carbocycles. The molecule has 0 aromatic heterocycles. The van der Waals surface area contributed by atoms with Gasteiger partial charge in [-0.15, -0.1) is 0 Å². The van der Waals surface area contributed by atoms with Crippen molar-refractivity contribution in [3.8, 4) is 0 Å². The summed E-state index contributed by atoms with van der Waals surface area (Å²) in [6.45, 7) is 5.82. The number of hydrogen-bond acceptors (Lipinski definition) is 3. The second kappa shape index (κ2) is 5.13. The number of aryl methyl sites for hydroxylation is 1. The van der Waals surface area contributed by atoms with Crippen molar-refractivity contribution < 1.29 is 14.3 Å². The van der Waals surface area contributed by atoms with Crippen molar-refractivity contribution in [2.24, 2.45) is 0 Å². The van der Waals surface area contributed by atoms with E-state index < -0.39 is 5.60 Å². The number of carbonyl (C=O) groups is 1. The van der Waals surface area contributed by atoms with Crippen molar-refractivity contribution in [1.29, 1.82) is 0 Å². The van der Waals surface area contributed by atoms with Crippen molar-refractivity contribution in [2.45, 2.75) is 70.2 Å². The summed E-state index contributed by atoms with van der Waals surface area (Å²) < 4.78 is 11.7. The van der Waals surface area contributed by atoms with Crippen molar-refractivity contribution in [1.82, 2.24) is 0 Å². The maximum Gasteiger partial charge on any atom is 0.346 e. The van der Waals surface area contributed by atoms with Gasteiger partial charge in [0.05, 0.1) is 6.10 Å². The molecule has 0 bridgehead atoms. The molecule has 0 amide bonds. The van der Waals surface area contributed by atoms with Gasteiger partial charge in [-0.1, -0.05) is 49.1 Å². The average Bonchev–Trinajstić information content (AvgIpc) is 3.08. The molecule has 1 aromatic rings. The van der Waals surface area contributed by atoms with Crippen molar-refractivity contribution in [2.75, 3.05) is 0 Å². The van der Waals surface area contributed by atoms with Crippen LogP contribution in [0.5, 0.6) is 0 Å². The zero-order chi connectivity index (χ0) is 15.1. The molecule has 1 saturated carbocycles. The van der Waals surface area contributed by atoms with Gasteiger partial charge in [0, 0.05) is 0 Å². The number of ether oxygens (including phenoxy) is 2. The number of rotatable bonds is 3. The summed E-state index contributed by atoms with van der Waals surface area (Å²) in [5, 5.41) is 0. The maximum atomic E-state index is 12.7. The second-order valence-electron chi connectivity index (χ2n) is 6.66. The number of esters is 1. The van der Waals surface area contributed by atoms with Gasteiger partial charge >= 0.3 is 5.97 Å². The maximum absolute atomic E-state index is 12.7. The Morgan fingerprint density at radius 2 is 1.76 bits per heavy atom. The van der Waals surface area contributed by atoms with Crippen LogP contribution in [0.4, 0.5) is 0 Å². The van der Waals surface area contributed by atoms with Gasteiger partial charge in [-0.25, -0.2) is 4.79 Å². The van der Waals surface area contributed by atoms with Crippen LogP contribution in [0.1, 0.15) is 57.1 Å². The minimum Gasteiger partial charge on any atom is -0.460 e. The third-order valence-corrected chi connectivity index (χ3v) is 4.70. The molecule has 21 heavy (non-hydrogen) atoms. The van der Waals surface area contributed by atoms with E-state index in [0.29, 0.717) is 0 Å². The first-order valence-corrected chi connectivity index (χ1v) is 7.99. The first-order chi connectivity index (χ1) is 10.0. The summed E-state index contributed by atoms with van der Waals surface area (Å²) in [4.78, 5) is 12.7. The zero-order valence-electron chi connectivity index (χ0n) is 13.1. The largest absolute Gasteiger partial charge is 0.460 e. The van der Waals surface area contributed by atoms with Gasteiger partial charge in [0.25, 0.3) is 0 Å². The highest BCUT2D eigenvalue weighted by Gasteiger charge is 2.76. The monoisotopic (exact) mass is 288 g/mol. The zero-order valence-corrected chi connectivity index (χ0v) is 13.1. The lowest BCUT2D eigenvalue weighted by atomic mass is 9.76. The Morgan fingerprint density at radius 1 is 1.14 bits per heavy atom. The van der Waals surface area contributed by atoms with E-state index in [2.05, 4.69) is 0 Å². The van der Waals surface area contributed by atoms with Crippen LogP contribution >= 0.6 is 0 Å². The molecule has 1 unspecified atom stereocenters. The van der Waals surface area contributed by atoms with Gasteiger partial charge in [0.15, 0.2) is 0 Å². The highest BCUT2D eigenvalue weighted by Crippen LogP contribution is 2.63. The van der Waals surface area contributed by atoms with Crippen molar-refractivity contribution in [3.05, 3.63) is 35.4 Å². The van der Waals surface area contributed by atoms with E-state index in [9.17, 15) is 4.79 Å². The summed E-state index contributed by atoms with van der Waals surface area (Å²) in [5.41, 5.74) is 0.933. The second-order valence-corrected chi connectivity index (χ2v) is 6.66. The van der Waals surface area contributed by atoms with E-state index in [-0.39, 0.29) is 17.7 Å². The number of epoxide rings is 1. The molecule has 0 N–H and O–H groups in total. The SMILES string of the molecule is Cc1ccc(C2(C(=O)OC(C)C)OC23CCCCC3)cc1. The van der Waals surface area contributed by atoms with Crippen LogP contribution in [-0.2, 0) is 19.9 Å². The van der Waals surface area contributed by atoms with Crippen molar-refractivity contribution in [3.63, 3.8) is 0 Å². The Hall–Kier alpha value is -1.35. The fraction of sp³-hybridized carbons (Fsp3) is 0.611. The minimum absolute atomic E-state index is 0.121. The first-order valence-electron chi connectivity index (χ1n) is 7.99. The fourth-order valence-electron chi connectivity index (χ4n) is 3.60. The van der Waals surface area contributed by atoms with Crippen LogP contribution in [0.3, 0.4) is 0 Å². The molecule has 1 aliphatic heterocycles. The molecule has 1 saturated heterocycles. The van der Waals surface area contributed by atoms with Crippen LogP contribution < -0.4 is 0 Å². The molecule has 2 fully saturated rings. The lowest BCUT2D eigenvalue weighted by molar-refractivity contribution is -0.154.